The molecule has 2 saturated carbocycles. The van der Waals surface area contributed by atoms with Crippen LogP contribution in [0.1, 0.15) is 41.6 Å². The number of anilines is 4. The Bertz CT molecular complexity index is 1260. The van der Waals surface area contributed by atoms with Gasteiger partial charge in [-0.25, -0.2) is 0 Å². The Morgan fingerprint density at radius 2 is 1.68 bits per heavy atom. The van der Waals surface area contributed by atoms with Gasteiger partial charge in [-0.15, -0.1) is 0 Å². The molecular formula is C30H40N8O3. The van der Waals surface area contributed by atoms with E-state index in [1.165, 1.54) is 19.3 Å². The van der Waals surface area contributed by atoms with E-state index in [1.807, 2.05) is 30.3 Å². The molecule has 0 aliphatic heterocycles. The molecule has 2 aliphatic rings. The van der Waals surface area contributed by atoms with Crippen LogP contribution in [-0.4, -0.2) is 66.4 Å². The highest BCUT2D eigenvalue weighted by Gasteiger charge is 2.39. The number of hydrogen-bond donors (Lipinski definition) is 5. The first-order valence-corrected chi connectivity index (χ1v) is 14.5. The summed E-state index contributed by atoms with van der Waals surface area (Å²) in [6.07, 6.45) is 5.05. The molecule has 11 nitrogen and oxygen atoms in total. The lowest BCUT2D eigenvalue weighted by Gasteiger charge is -2.23. The first-order valence-electron chi connectivity index (χ1n) is 14.5. The Kier molecular flexibility index (Phi) is 10.3. The van der Waals surface area contributed by atoms with E-state index in [0.717, 1.165) is 17.9 Å². The molecule has 2 aromatic carbocycles. The van der Waals surface area contributed by atoms with Crippen molar-refractivity contribution >= 4 is 29.4 Å². The zero-order chi connectivity index (χ0) is 28.3. The summed E-state index contributed by atoms with van der Waals surface area (Å²) in [5.41, 5.74) is 7.75. The van der Waals surface area contributed by atoms with Gasteiger partial charge in [0.25, 0.3) is 5.91 Å². The predicted molar refractivity (Wildman–Crippen MR) is 159 cm³/mol. The van der Waals surface area contributed by atoms with Gasteiger partial charge in [-0.05, 0) is 54.9 Å². The topological polar surface area (TPSA) is 148 Å². The van der Waals surface area contributed by atoms with Crippen molar-refractivity contribution in [1.82, 2.24) is 20.3 Å². The van der Waals surface area contributed by atoms with Crippen LogP contribution in [0.2, 0.25) is 0 Å². The Hall–Kier alpha value is -3.80. The minimum atomic E-state index is -0.184. The molecule has 3 atom stereocenters. The molecule has 1 aromatic heterocycles. The number of nitrogens with two attached hydrogens (primary N) is 1. The molecule has 3 aromatic rings. The minimum Gasteiger partial charge on any atom is -0.378 e. The van der Waals surface area contributed by atoms with Gasteiger partial charge in [0.05, 0.1) is 26.4 Å². The first-order chi connectivity index (χ1) is 20.2. The molecular weight excluding hydrogens is 520 g/mol. The van der Waals surface area contributed by atoms with Crippen LogP contribution in [0, 0.1) is 11.8 Å². The molecule has 0 spiro atoms. The third-order valence-electron chi connectivity index (χ3n) is 7.53. The zero-order valence-corrected chi connectivity index (χ0v) is 23.4. The van der Waals surface area contributed by atoms with E-state index in [4.69, 9.17) is 15.2 Å². The highest BCUT2D eigenvalue weighted by atomic mass is 16.5. The van der Waals surface area contributed by atoms with Crippen molar-refractivity contribution in [1.29, 1.82) is 0 Å². The van der Waals surface area contributed by atoms with Crippen molar-refractivity contribution in [2.75, 3.05) is 55.5 Å². The molecule has 1 amide bonds. The minimum absolute atomic E-state index is 0.184. The van der Waals surface area contributed by atoms with Crippen molar-refractivity contribution < 1.29 is 14.3 Å². The van der Waals surface area contributed by atoms with E-state index in [1.54, 1.807) is 12.1 Å². The van der Waals surface area contributed by atoms with Crippen molar-refractivity contribution in [3.05, 3.63) is 65.7 Å². The van der Waals surface area contributed by atoms with Gasteiger partial charge in [-0.2, -0.15) is 15.0 Å². The maximum atomic E-state index is 12.7. The maximum absolute atomic E-state index is 12.7. The summed E-state index contributed by atoms with van der Waals surface area (Å²) in [5.74, 6) is 2.75. The quantitative estimate of drug-likeness (QED) is 0.165. The van der Waals surface area contributed by atoms with Crippen LogP contribution >= 0.6 is 0 Å². The highest BCUT2D eigenvalue weighted by molar-refractivity contribution is 5.95. The molecule has 6 N–H and O–H groups in total. The fourth-order valence-corrected chi connectivity index (χ4v) is 5.55. The number of rotatable bonds is 16. The molecule has 218 valence electrons. The fourth-order valence-electron chi connectivity index (χ4n) is 5.55. The molecule has 11 heteroatoms. The number of ether oxygens (including phenoxy) is 2. The van der Waals surface area contributed by atoms with Crippen LogP contribution in [0.25, 0.3) is 0 Å². The van der Waals surface area contributed by atoms with Crippen molar-refractivity contribution in [2.24, 2.45) is 17.6 Å². The number of aromatic nitrogens is 3. The summed E-state index contributed by atoms with van der Waals surface area (Å²) in [6.45, 7) is 3.34. The van der Waals surface area contributed by atoms with Gasteiger partial charge in [0, 0.05) is 36.9 Å². The SMILES string of the molecule is NCCOCCOCCNC(=O)c1cccc(Nc2nc(NCc3ccccc3)nc(NC3CC4CCC3C4)n2)c1. The van der Waals surface area contributed by atoms with Crippen LogP contribution in [-0.2, 0) is 16.0 Å². The summed E-state index contributed by atoms with van der Waals surface area (Å²) in [5, 5.41) is 13.1. The van der Waals surface area contributed by atoms with Crippen molar-refractivity contribution in [3.63, 3.8) is 0 Å². The molecule has 2 bridgehead atoms. The van der Waals surface area contributed by atoms with Crippen LogP contribution in [0.4, 0.5) is 23.5 Å². The smallest absolute Gasteiger partial charge is 0.251 e. The molecule has 0 saturated heterocycles. The van der Waals surface area contributed by atoms with E-state index in [2.05, 4.69) is 48.4 Å². The lowest BCUT2D eigenvalue weighted by molar-refractivity contribution is 0.0511. The standard InChI is InChI=1S/C30H40N8O3/c31-11-13-40-15-16-41-14-12-32-27(39)24-7-4-8-25(19-24)34-29-36-28(33-20-21-5-2-1-3-6-21)37-30(38-29)35-26-18-22-9-10-23(26)17-22/h1-8,19,22-23,26H,9-18,20,31H2,(H,32,39)(H3,33,34,35,36,37,38). The molecule has 2 aliphatic carbocycles. The van der Waals surface area contributed by atoms with Gasteiger partial charge >= 0.3 is 0 Å². The number of fused-ring (bicyclic) bond motifs is 2. The highest BCUT2D eigenvalue weighted by Crippen LogP contribution is 2.45. The Balaban J connectivity index is 1.20. The molecule has 41 heavy (non-hydrogen) atoms. The zero-order valence-electron chi connectivity index (χ0n) is 23.4. The summed E-state index contributed by atoms with van der Waals surface area (Å²) >= 11 is 0. The van der Waals surface area contributed by atoms with E-state index in [0.29, 0.717) is 87.1 Å². The summed E-state index contributed by atoms with van der Waals surface area (Å²) in [6, 6.07) is 17.8. The van der Waals surface area contributed by atoms with Crippen LogP contribution in [0.3, 0.4) is 0 Å². The monoisotopic (exact) mass is 560 g/mol. The lowest BCUT2D eigenvalue weighted by atomic mass is 9.95. The van der Waals surface area contributed by atoms with Gasteiger partial charge in [0.1, 0.15) is 0 Å². The second-order valence-corrected chi connectivity index (χ2v) is 10.5. The largest absolute Gasteiger partial charge is 0.378 e. The van der Waals surface area contributed by atoms with Crippen molar-refractivity contribution in [3.8, 4) is 0 Å². The first kappa shape index (κ1) is 28.7. The molecule has 2 fully saturated rings. The van der Waals surface area contributed by atoms with Crippen LogP contribution in [0.15, 0.2) is 54.6 Å². The Morgan fingerprint density at radius 1 is 0.878 bits per heavy atom. The number of carbonyl (C=O) groups excluding carboxylic acids is 1. The van der Waals surface area contributed by atoms with Gasteiger partial charge < -0.3 is 36.5 Å². The average Bonchev–Trinajstić information content (AvgIpc) is 3.62. The van der Waals surface area contributed by atoms with Gasteiger partial charge in [0.2, 0.25) is 17.8 Å². The molecule has 5 rings (SSSR count). The van der Waals surface area contributed by atoms with Crippen LogP contribution in [0.5, 0.6) is 0 Å². The molecule has 3 unspecified atom stereocenters. The third-order valence-corrected chi connectivity index (χ3v) is 7.53. The molecule has 0 radical (unpaired) electrons. The van der Waals surface area contributed by atoms with E-state index >= 15 is 0 Å². The van der Waals surface area contributed by atoms with E-state index in [9.17, 15) is 4.79 Å². The fraction of sp³-hybridized carbons (Fsp3) is 0.467. The molecule has 1 heterocycles. The van der Waals surface area contributed by atoms with Crippen LogP contribution < -0.4 is 27.0 Å². The van der Waals surface area contributed by atoms with Gasteiger partial charge in [-0.1, -0.05) is 42.8 Å². The van der Waals surface area contributed by atoms with Gasteiger partial charge in [0.15, 0.2) is 0 Å². The average molecular weight is 561 g/mol. The lowest BCUT2D eigenvalue weighted by Crippen LogP contribution is -2.27. The number of hydrogen-bond acceptors (Lipinski definition) is 10. The Morgan fingerprint density at radius 3 is 2.46 bits per heavy atom. The number of nitrogens with one attached hydrogen (secondary N) is 4. The summed E-state index contributed by atoms with van der Waals surface area (Å²) < 4.78 is 10.7. The normalized spacial score (nSPS) is 19.2. The Labute approximate surface area is 241 Å². The van der Waals surface area contributed by atoms with E-state index < -0.39 is 0 Å². The van der Waals surface area contributed by atoms with Crippen molar-refractivity contribution in [2.45, 2.75) is 38.3 Å². The summed E-state index contributed by atoms with van der Waals surface area (Å²) in [4.78, 5) is 26.7. The van der Waals surface area contributed by atoms with Gasteiger partial charge in [-0.3, -0.25) is 4.79 Å². The number of nitrogens with zero attached hydrogens (tertiary/aromatic N) is 3. The number of amides is 1. The second kappa shape index (κ2) is 14.7. The predicted octanol–water partition coefficient (Wildman–Crippen LogP) is 3.55. The number of carbonyl (C=O) groups is 1. The van der Waals surface area contributed by atoms with E-state index in [-0.39, 0.29) is 5.91 Å². The maximum Gasteiger partial charge on any atom is 0.251 e. The number of benzene rings is 2. The summed E-state index contributed by atoms with van der Waals surface area (Å²) in [7, 11) is 0. The third kappa shape index (κ3) is 8.59. The second-order valence-electron chi connectivity index (χ2n) is 10.5.